The lowest BCUT2D eigenvalue weighted by atomic mass is 9.99. The van der Waals surface area contributed by atoms with Crippen molar-refractivity contribution < 1.29 is 27.4 Å². The summed E-state index contributed by atoms with van der Waals surface area (Å²) in [6.45, 7) is 2.11. The fourth-order valence-corrected chi connectivity index (χ4v) is 1.19. The lowest BCUT2D eigenvalue weighted by Crippen LogP contribution is -2.46. The van der Waals surface area contributed by atoms with Gasteiger partial charge < -0.3 is 9.47 Å². The number of rotatable bonds is 6. The van der Waals surface area contributed by atoms with Crippen molar-refractivity contribution in [1.29, 1.82) is 0 Å². The van der Waals surface area contributed by atoms with Gasteiger partial charge in [-0.2, -0.15) is 13.2 Å². The third-order valence-corrected chi connectivity index (χ3v) is 2.28. The number of methoxy groups -OCH3 is 2. The standard InChI is InChI=1S/C10H18F3NO3/c1-9(2,17-4)5-7(8(15)16-3)14-6-10(11,12)13/h7,14H,5-6H2,1-4H3. The molecule has 0 aliphatic carbocycles. The van der Waals surface area contributed by atoms with E-state index < -0.39 is 30.3 Å². The minimum absolute atomic E-state index is 0.0895. The third-order valence-electron chi connectivity index (χ3n) is 2.28. The first-order valence-corrected chi connectivity index (χ1v) is 5.04. The van der Waals surface area contributed by atoms with Gasteiger partial charge in [-0.15, -0.1) is 0 Å². The largest absolute Gasteiger partial charge is 0.468 e. The van der Waals surface area contributed by atoms with E-state index in [4.69, 9.17) is 4.74 Å². The Morgan fingerprint density at radius 3 is 2.18 bits per heavy atom. The maximum Gasteiger partial charge on any atom is 0.401 e. The first-order valence-electron chi connectivity index (χ1n) is 5.04. The number of carbonyl (C=O) groups is 1. The zero-order chi connectivity index (χ0) is 13.7. The second kappa shape index (κ2) is 6.20. The number of alkyl halides is 3. The van der Waals surface area contributed by atoms with Gasteiger partial charge in [-0.1, -0.05) is 0 Å². The molecule has 0 aromatic heterocycles. The first kappa shape index (κ1) is 16.2. The monoisotopic (exact) mass is 257 g/mol. The van der Waals surface area contributed by atoms with Crippen LogP contribution in [0.5, 0.6) is 0 Å². The number of ether oxygens (including phenoxy) is 2. The Balaban J connectivity index is 4.50. The molecule has 0 fully saturated rings. The van der Waals surface area contributed by atoms with Gasteiger partial charge in [-0.3, -0.25) is 10.1 Å². The fraction of sp³-hybridized carbons (Fsp3) is 0.900. The Labute approximate surface area is 98.5 Å². The zero-order valence-corrected chi connectivity index (χ0v) is 10.4. The lowest BCUT2D eigenvalue weighted by Gasteiger charge is -2.28. The van der Waals surface area contributed by atoms with Crippen LogP contribution in [-0.4, -0.2) is 44.6 Å². The molecule has 0 aromatic rings. The SMILES string of the molecule is COC(=O)C(CC(C)(C)OC)NCC(F)(F)F. The summed E-state index contributed by atoms with van der Waals surface area (Å²) in [7, 11) is 2.56. The molecule has 0 aromatic carbocycles. The summed E-state index contributed by atoms with van der Waals surface area (Å²) in [6.07, 6.45) is -4.28. The van der Waals surface area contributed by atoms with E-state index in [2.05, 4.69) is 10.1 Å². The summed E-state index contributed by atoms with van der Waals surface area (Å²) >= 11 is 0. The molecule has 0 radical (unpaired) electrons. The van der Waals surface area contributed by atoms with E-state index >= 15 is 0 Å². The van der Waals surface area contributed by atoms with E-state index in [-0.39, 0.29) is 6.42 Å². The maximum absolute atomic E-state index is 12.1. The normalized spacial score (nSPS) is 14.5. The van der Waals surface area contributed by atoms with Crippen LogP contribution in [0.2, 0.25) is 0 Å². The number of hydrogen-bond acceptors (Lipinski definition) is 4. The second-order valence-corrected chi connectivity index (χ2v) is 4.24. The van der Waals surface area contributed by atoms with Crippen LogP contribution in [0.1, 0.15) is 20.3 Å². The Bertz CT molecular complexity index is 254. The molecule has 0 saturated carbocycles. The molecular weight excluding hydrogens is 239 g/mol. The van der Waals surface area contributed by atoms with Gasteiger partial charge in [0.1, 0.15) is 6.04 Å². The van der Waals surface area contributed by atoms with E-state index in [0.29, 0.717) is 0 Å². The number of halogens is 3. The highest BCUT2D eigenvalue weighted by Gasteiger charge is 2.33. The van der Waals surface area contributed by atoms with Crippen LogP contribution in [-0.2, 0) is 14.3 Å². The second-order valence-electron chi connectivity index (χ2n) is 4.24. The summed E-state index contributed by atoms with van der Waals surface area (Å²) in [5.41, 5.74) is -0.711. The van der Waals surface area contributed by atoms with Crippen molar-refractivity contribution in [2.75, 3.05) is 20.8 Å². The fourth-order valence-electron chi connectivity index (χ4n) is 1.19. The van der Waals surface area contributed by atoms with Crippen molar-refractivity contribution in [3.8, 4) is 0 Å². The molecule has 0 rings (SSSR count). The van der Waals surface area contributed by atoms with Crippen molar-refractivity contribution >= 4 is 5.97 Å². The molecule has 7 heteroatoms. The summed E-state index contributed by atoms with van der Waals surface area (Å²) in [5, 5.41) is 2.12. The van der Waals surface area contributed by atoms with Gasteiger partial charge in [0.2, 0.25) is 0 Å². The maximum atomic E-state index is 12.1. The predicted molar refractivity (Wildman–Crippen MR) is 55.6 cm³/mol. The van der Waals surface area contributed by atoms with Gasteiger partial charge in [-0.05, 0) is 13.8 Å². The van der Waals surface area contributed by atoms with Crippen molar-refractivity contribution in [1.82, 2.24) is 5.32 Å². The average molecular weight is 257 g/mol. The van der Waals surface area contributed by atoms with Crippen LogP contribution < -0.4 is 5.32 Å². The molecule has 4 nitrogen and oxygen atoms in total. The van der Waals surface area contributed by atoms with E-state index in [1.165, 1.54) is 7.11 Å². The molecule has 0 saturated heterocycles. The van der Waals surface area contributed by atoms with E-state index in [9.17, 15) is 18.0 Å². The zero-order valence-electron chi connectivity index (χ0n) is 10.4. The predicted octanol–water partition coefficient (Wildman–Crippen LogP) is 1.49. The Morgan fingerprint density at radius 1 is 1.29 bits per heavy atom. The first-order chi connectivity index (χ1) is 7.61. The van der Waals surface area contributed by atoms with Crippen LogP contribution in [0.25, 0.3) is 0 Å². The van der Waals surface area contributed by atoms with Crippen LogP contribution in [0.3, 0.4) is 0 Å². The summed E-state index contributed by atoms with van der Waals surface area (Å²) < 4.78 is 45.7. The average Bonchev–Trinajstić information content (AvgIpc) is 2.21. The highest BCUT2D eigenvalue weighted by Crippen LogP contribution is 2.18. The van der Waals surface area contributed by atoms with Crippen molar-refractivity contribution in [2.45, 2.75) is 38.1 Å². The van der Waals surface area contributed by atoms with Crippen molar-refractivity contribution in [3.63, 3.8) is 0 Å². The molecule has 0 spiro atoms. The molecule has 0 heterocycles. The van der Waals surface area contributed by atoms with Gasteiger partial charge >= 0.3 is 12.1 Å². The van der Waals surface area contributed by atoms with Gasteiger partial charge in [0.05, 0.1) is 19.3 Å². The van der Waals surface area contributed by atoms with E-state index in [1.54, 1.807) is 13.8 Å². The minimum Gasteiger partial charge on any atom is -0.468 e. The molecule has 1 unspecified atom stereocenters. The minimum atomic E-state index is -4.37. The molecule has 1 N–H and O–H groups in total. The molecule has 102 valence electrons. The van der Waals surface area contributed by atoms with Crippen LogP contribution in [0.4, 0.5) is 13.2 Å². The quantitative estimate of drug-likeness (QED) is 0.732. The molecule has 0 aliphatic rings. The van der Waals surface area contributed by atoms with Crippen LogP contribution >= 0.6 is 0 Å². The van der Waals surface area contributed by atoms with Gasteiger partial charge in [0.15, 0.2) is 0 Å². The highest BCUT2D eigenvalue weighted by molar-refractivity contribution is 5.75. The highest BCUT2D eigenvalue weighted by atomic mass is 19.4. The van der Waals surface area contributed by atoms with Crippen molar-refractivity contribution in [3.05, 3.63) is 0 Å². The molecule has 17 heavy (non-hydrogen) atoms. The Morgan fingerprint density at radius 2 is 1.82 bits per heavy atom. The van der Waals surface area contributed by atoms with Gasteiger partial charge in [0, 0.05) is 13.5 Å². The summed E-state index contributed by atoms with van der Waals surface area (Å²) in [4.78, 5) is 11.3. The number of carbonyl (C=O) groups excluding carboxylic acids is 1. The molecule has 0 amide bonds. The number of nitrogens with one attached hydrogen (secondary N) is 1. The van der Waals surface area contributed by atoms with E-state index in [1.807, 2.05) is 0 Å². The van der Waals surface area contributed by atoms with Crippen LogP contribution in [0, 0.1) is 0 Å². The lowest BCUT2D eigenvalue weighted by molar-refractivity contribution is -0.149. The molecule has 0 bridgehead atoms. The third kappa shape index (κ3) is 7.17. The Hall–Kier alpha value is -0.820. The number of hydrogen-bond donors (Lipinski definition) is 1. The summed E-state index contributed by atoms with van der Waals surface area (Å²) in [6, 6.07) is -1.04. The molecule has 0 aliphatic heterocycles. The molecular formula is C10H18F3NO3. The van der Waals surface area contributed by atoms with Gasteiger partial charge in [-0.25, -0.2) is 0 Å². The topological polar surface area (TPSA) is 47.6 Å². The van der Waals surface area contributed by atoms with Gasteiger partial charge in [0.25, 0.3) is 0 Å². The van der Waals surface area contributed by atoms with E-state index in [0.717, 1.165) is 7.11 Å². The van der Waals surface area contributed by atoms with Crippen molar-refractivity contribution in [2.24, 2.45) is 0 Å². The number of esters is 1. The Kier molecular flexibility index (Phi) is 5.91. The summed E-state index contributed by atoms with van der Waals surface area (Å²) in [5.74, 6) is -0.737. The van der Waals surface area contributed by atoms with Crippen LogP contribution in [0.15, 0.2) is 0 Å². The smallest absolute Gasteiger partial charge is 0.401 e. The molecule has 1 atom stereocenters.